The molecule has 6 nitrogen and oxygen atoms in total. The van der Waals surface area contributed by atoms with E-state index < -0.39 is 5.54 Å². The molecule has 0 unspecified atom stereocenters. The lowest BCUT2D eigenvalue weighted by Crippen LogP contribution is -2.55. The smallest absolute Gasteiger partial charge is 0.323 e. The zero-order chi connectivity index (χ0) is 19.0. The summed E-state index contributed by atoms with van der Waals surface area (Å²) in [5, 5.41) is 3.04. The Bertz CT molecular complexity index is 718. The number of hydrogen-bond acceptors (Lipinski definition) is 5. The van der Waals surface area contributed by atoms with E-state index in [1.807, 2.05) is 6.07 Å². The van der Waals surface area contributed by atoms with Gasteiger partial charge in [0.15, 0.2) is 0 Å². The fourth-order valence-corrected chi connectivity index (χ4v) is 5.70. The fraction of sp³-hybridized carbons (Fsp3) is 0.684. The Morgan fingerprint density at radius 2 is 1.93 bits per heavy atom. The van der Waals surface area contributed by atoms with Crippen molar-refractivity contribution in [2.45, 2.75) is 44.7 Å². The van der Waals surface area contributed by atoms with Crippen molar-refractivity contribution in [3.63, 3.8) is 0 Å². The van der Waals surface area contributed by atoms with Crippen molar-refractivity contribution in [1.82, 2.24) is 20.0 Å². The molecule has 1 saturated carbocycles. The van der Waals surface area contributed by atoms with Crippen molar-refractivity contribution in [3.05, 3.63) is 21.3 Å². The molecule has 1 spiro atoms. The molecule has 27 heavy (non-hydrogen) atoms. The monoisotopic (exact) mass is 410 g/mol. The van der Waals surface area contributed by atoms with Gasteiger partial charge in [-0.2, -0.15) is 0 Å². The molecule has 3 aliphatic rings. The molecule has 0 aromatic carbocycles. The Balaban J connectivity index is 1.32. The van der Waals surface area contributed by atoms with Crippen LogP contribution >= 0.6 is 22.9 Å². The maximum atomic E-state index is 13.1. The van der Waals surface area contributed by atoms with Crippen LogP contribution < -0.4 is 5.32 Å². The predicted molar refractivity (Wildman–Crippen MR) is 107 cm³/mol. The van der Waals surface area contributed by atoms with Crippen molar-refractivity contribution in [1.29, 1.82) is 0 Å². The number of hydrogen-bond donors (Lipinski definition) is 1. The highest BCUT2D eigenvalue weighted by atomic mass is 35.5. The van der Waals surface area contributed by atoms with Gasteiger partial charge in [-0.05, 0) is 30.9 Å². The molecule has 3 heterocycles. The minimum Gasteiger partial charge on any atom is -0.323 e. The summed E-state index contributed by atoms with van der Waals surface area (Å²) in [6.45, 7) is 6.99. The number of piperazine rings is 1. The first-order valence-corrected chi connectivity index (χ1v) is 11.0. The third-order valence-electron chi connectivity index (χ3n) is 6.32. The van der Waals surface area contributed by atoms with E-state index in [2.05, 4.69) is 28.1 Å². The third-order valence-corrected chi connectivity index (χ3v) is 7.53. The van der Waals surface area contributed by atoms with Crippen molar-refractivity contribution in [2.75, 3.05) is 32.8 Å². The lowest BCUT2D eigenvalue weighted by atomic mass is 9.73. The van der Waals surface area contributed by atoms with E-state index in [-0.39, 0.29) is 17.9 Å². The van der Waals surface area contributed by atoms with Gasteiger partial charge >= 0.3 is 6.03 Å². The molecule has 1 aromatic rings. The largest absolute Gasteiger partial charge is 0.326 e. The second-order valence-corrected chi connectivity index (χ2v) is 9.82. The molecule has 8 heteroatoms. The maximum Gasteiger partial charge on any atom is 0.326 e. The maximum absolute atomic E-state index is 13.1. The summed E-state index contributed by atoms with van der Waals surface area (Å²) >= 11 is 7.64. The Hall–Kier alpha value is -1.15. The topological polar surface area (TPSA) is 55.9 Å². The second kappa shape index (κ2) is 7.70. The molecule has 2 atom stereocenters. The van der Waals surface area contributed by atoms with Crippen molar-refractivity contribution in [2.24, 2.45) is 5.92 Å². The molecule has 1 aliphatic carbocycles. The number of carbonyl (C=O) groups excluding carboxylic acids is 2. The van der Waals surface area contributed by atoms with Gasteiger partial charge in [0.1, 0.15) is 5.54 Å². The molecule has 148 valence electrons. The van der Waals surface area contributed by atoms with Crippen molar-refractivity contribution >= 4 is 34.9 Å². The number of thiophene rings is 1. The standard InChI is InChI=1S/C19H27ClN4O2S/c1-14-4-2-3-7-19(14)17(25)24(18(26)21-19)13-23-10-8-22(9-11-23)12-15-5-6-16(20)27-15/h5-6,14H,2-4,7-13H2,1H3,(H,21,26)/t14-,19-/m1/s1. The van der Waals surface area contributed by atoms with Crippen molar-refractivity contribution in [3.8, 4) is 0 Å². The molecule has 1 N–H and O–H groups in total. The van der Waals surface area contributed by atoms with E-state index in [4.69, 9.17) is 11.6 Å². The van der Waals surface area contributed by atoms with Crippen LogP contribution in [-0.4, -0.2) is 65.0 Å². The average molecular weight is 411 g/mol. The second-order valence-electron chi connectivity index (χ2n) is 8.02. The number of rotatable bonds is 4. The van der Waals surface area contributed by atoms with E-state index >= 15 is 0 Å². The van der Waals surface area contributed by atoms with Gasteiger partial charge in [-0.1, -0.05) is 31.4 Å². The van der Waals surface area contributed by atoms with Gasteiger partial charge in [-0.25, -0.2) is 9.69 Å². The first-order chi connectivity index (χ1) is 13.0. The highest BCUT2D eigenvalue weighted by Gasteiger charge is 2.55. The van der Waals surface area contributed by atoms with Crippen LogP contribution in [0.4, 0.5) is 4.79 Å². The zero-order valence-electron chi connectivity index (χ0n) is 15.7. The minimum absolute atomic E-state index is 0.0182. The van der Waals surface area contributed by atoms with Gasteiger partial charge in [0, 0.05) is 37.6 Å². The van der Waals surface area contributed by atoms with Crippen LogP contribution in [0, 0.1) is 5.92 Å². The van der Waals surface area contributed by atoms with Crippen LogP contribution in [-0.2, 0) is 11.3 Å². The molecule has 0 radical (unpaired) electrons. The molecule has 4 rings (SSSR count). The number of halogens is 1. The number of carbonyl (C=O) groups is 2. The molecular formula is C19H27ClN4O2S. The lowest BCUT2D eigenvalue weighted by Gasteiger charge is -2.38. The van der Waals surface area contributed by atoms with Gasteiger partial charge in [0.2, 0.25) is 0 Å². The van der Waals surface area contributed by atoms with Gasteiger partial charge in [0.25, 0.3) is 5.91 Å². The summed E-state index contributed by atoms with van der Waals surface area (Å²) in [7, 11) is 0. The molecule has 2 saturated heterocycles. The summed E-state index contributed by atoms with van der Waals surface area (Å²) in [4.78, 5) is 32.9. The van der Waals surface area contributed by atoms with E-state index in [9.17, 15) is 9.59 Å². The van der Waals surface area contributed by atoms with Crippen LogP contribution in [0.15, 0.2) is 12.1 Å². The van der Waals surface area contributed by atoms with Crippen LogP contribution in [0.2, 0.25) is 4.34 Å². The molecular weight excluding hydrogens is 384 g/mol. The summed E-state index contributed by atoms with van der Waals surface area (Å²) in [5.41, 5.74) is -0.657. The van der Waals surface area contributed by atoms with Gasteiger partial charge in [0.05, 0.1) is 11.0 Å². The zero-order valence-corrected chi connectivity index (χ0v) is 17.3. The summed E-state index contributed by atoms with van der Waals surface area (Å²) in [6, 6.07) is 3.80. The fourth-order valence-electron chi connectivity index (χ4n) is 4.57. The van der Waals surface area contributed by atoms with E-state index in [0.29, 0.717) is 6.67 Å². The Morgan fingerprint density at radius 3 is 2.59 bits per heavy atom. The predicted octanol–water partition coefficient (Wildman–Crippen LogP) is 2.98. The normalized spacial score (nSPS) is 30.3. The Morgan fingerprint density at radius 1 is 1.19 bits per heavy atom. The SMILES string of the molecule is C[C@@H]1CCCC[C@@]12NC(=O)N(CN1CCN(Cc3ccc(Cl)s3)CC1)C2=O. The quantitative estimate of drug-likeness (QED) is 0.775. The third kappa shape index (κ3) is 3.75. The summed E-state index contributed by atoms with van der Waals surface area (Å²) < 4.78 is 0.827. The minimum atomic E-state index is -0.657. The van der Waals surface area contributed by atoms with E-state index in [1.54, 1.807) is 11.3 Å². The number of amides is 3. The van der Waals surface area contributed by atoms with Crippen LogP contribution in [0.3, 0.4) is 0 Å². The van der Waals surface area contributed by atoms with Gasteiger partial charge in [-0.15, -0.1) is 11.3 Å². The number of nitrogens with one attached hydrogen (secondary N) is 1. The number of imide groups is 1. The first kappa shape index (κ1) is 19.2. The summed E-state index contributed by atoms with van der Waals surface area (Å²) in [5.74, 6) is 0.192. The highest BCUT2D eigenvalue weighted by Crippen LogP contribution is 2.38. The first-order valence-electron chi connectivity index (χ1n) is 9.81. The Kier molecular flexibility index (Phi) is 5.47. The molecule has 0 bridgehead atoms. The highest BCUT2D eigenvalue weighted by molar-refractivity contribution is 7.16. The van der Waals surface area contributed by atoms with Crippen molar-refractivity contribution < 1.29 is 9.59 Å². The molecule has 3 amide bonds. The van der Waals surface area contributed by atoms with Crippen LogP contribution in [0.25, 0.3) is 0 Å². The van der Waals surface area contributed by atoms with Gasteiger partial charge < -0.3 is 5.32 Å². The van der Waals surface area contributed by atoms with E-state index in [1.165, 1.54) is 9.78 Å². The molecule has 3 fully saturated rings. The summed E-state index contributed by atoms with van der Waals surface area (Å²) in [6.07, 6.45) is 3.93. The Labute approximate surface area is 169 Å². The van der Waals surface area contributed by atoms with Crippen LogP contribution in [0.5, 0.6) is 0 Å². The molecule has 1 aromatic heterocycles. The number of urea groups is 1. The van der Waals surface area contributed by atoms with Gasteiger partial charge in [-0.3, -0.25) is 14.6 Å². The lowest BCUT2D eigenvalue weighted by molar-refractivity contribution is -0.136. The van der Waals surface area contributed by atoms with Crippen LogP contribution in [0.1, 0.15) is 37.5 Å². The van der Waals surface area contributed by atoms with E-state index in [0.717, 1.165) is 62.7 Å². The molecule has 2 aliphatic heterocycles. The number of nitrogens with zero attached hydrogens (tertiary/aromatic N) is 3. The average Bonchev–Trinajstić information content (AvgIpc) is 3.16.